The van der Waals surface area contributed by atoms with Crippen LogP contribution in [0.2, 0.25) is 0 Å². The maximum atomic E-state index is 11.6. The maximum Gasteiger partial charge on any atom is 0.432 e. The summed E-state index contributed by atoms with van der Waals surface area (Å²) in [6, 6.07) is 0. The number of alkyl halides is 3. The lowest BCUT2D eigenvalue weighted by Crippen LogP contribution is -2.08. The molecule has 0 N–H and O–H groups in total. The Morgan fingerprint density at radius 1 is 1.60 bits per heavy atom. The Morgan fingerprint density at radius 2 is 2.10 bits per heavy atom. The van der Waals surface area contributed by atoms with E-state index < -0.39 is 11.9 Å². The molecule has 0 aliphatic carbocycles. The number of hydrogen-bond acceptors (Lipinski definition) is 1. The van der Waals surface area contributed by atoms with Gasteiger partial charge in [0.25, 0.3) is 0 Å². The summed E-state index contributed by atoms with van der Waals surface area (Å²) in [5, 5.41) is 0. The van der Waals surface area contributed by atoms with E-state index in [4.69, 9.17) is 0 Å². The quantitative estimate of drug-likeness (QED) is 0.538. The zero-order valence-electron chi connectivity index (χ0n) is 5.57. The molecule has 10 heavy (non-hydrogen) atoms. The number of allylic oxidation sites excluding steroid dienone is 1. The number of nitrogens with zero attached hydrogens (tertiary/aromatic N) is 1. The molecule has 0 aliphatic rings. The Labute approximate surface area is 57.3 Å². The number of halogens is 3. The summed E-state index contributed by atoms with van der Waals surface area (Å²) < 4.78 is 34.7. The van der Waals surface area contributed by atoms with E-state index in [1.807, 2.05) is 0 Å². The minimum atomic E-state index is -4.38. The molecular formula is C6H8F3N. The normalized spacial score (nSPS) is 12.4. The molecule has 4 heteroatoms. The zero-order chi connectivity index (χ0) is 8.20. The van der Waals surface area contributed by atoms with Gasteiger partial charge in [-0.15, -0.1) is 0 Å². The van der Waals surface area contributed by atoms with Gasteiger partial charge in [0, 0.05) is 6.21 Å². The second kappa shape index (κ2) is 3.39. The molecule has 0 saturated carbocycles. The summed E-state index contributed by atoms with van der Waals surface area (Å²) in [5.74, 6) is 0. The number of aliphatic imine (C=N–C) groups is 1. The van der Waals surface area contributed by atoms with Gasteiger partial charge in [0.15, 0.2) is 0 Å². The molecular weight excluding hydrogens is 143 g/mol. The molecule has 0 atom stereocenters. The molecule has 0 radical (unpaired) electrons. The highest BCUT2D eigenvalue weighted by molar-refractivity contribution is 5.58. The molecule has 0 fully saturated rings. The van der Waals surface area contributed by atoms with Gasteiger partial charge in [-0.25, -0.2) is 0 Å². The van der Waals surface area contributed by atoms with Gasteiger partial charge in [-0.2, -0.15) is 13.2 Å². The van der Waals surface area contributed by atoms with E-state index in [-0.39, 0.29) is 0 Å². The van der Waals surface area contributed by atoms with Crippen LogP contribution in [0.4, 0.5) is 13.2 Å². The van der Waals surface area contributed by atoms with Crippen LogP contribution < -0.4 is 0 Å². The Bertz CT molecular complexity index is 146. The smallest absolute Gasteiger partial charge is 0.257 e. The second-order valence-corrected chi connectivity index (χ2v) is 1.66. The van der Waals surface area contributed by atoms with Crippen molar-refractivity contribution in [3.05, 3.63) is 12.3 Å². The average molecular weight is 151 g/mol. The number of hydrogen-bond donors (Lipinski definition) is 0. The average Bonchev–Trinajstić information content (AvgIpc) is 1.80. The molecule has 0 saturated heterocycles. The molecule has 0 bridgehead atoms. The van der Waals surface area contributed by atoms with E-state index in [0.717, 1.165) is 0 Å². The van der Waals surface area contributed by atoms with Gasteiger partial charge in [0.2, 0.25) is 0 Å². The van der Waals surface area contributed by atoms with Gasteiger partial charge < -0.3 is 0 Å². The molecule has 0 aromatic carbocycles. The molecule has 0 aromatic rings. The lowest BCUT2D eigenvalue weighted by molar-refractivity contribution is -0.0918. The van der Waals surface area contributed by atoms with Gasteiger partial charge in [0.1, 0.15) is 5.70 Å². The molecule has 0 aromatic heterocycles. The SMILES string of the molecule is C=C(N=CCC)C(F)(F)F. The van der Waals surface area contributed by atoms with Crippen LogP contribution in [-0.4, -0.2) is 12.4 Å². The van der Waals surface area contributed by atoms with Crippen molar-refractivity contribution in [3.8, 4) is 0 Å². The van der Waals surface area contributed by atoms with Crippen LogP contribution in [0.3, 0.4) is 0 Å². The predicted octanol–water partition coefficient (Wildman–Crippen LogP) is 2.54. The first-order chi connectivity index (χ1) is 4.48. The molecule has 0 amide bonds. The summed E-state index contributed by atoms with van der Waals surface area (Å²) in [7, 11) is 0. The maximum absolute atomic E-state index is 11.6. The molecule has 0 aliphatic heterocycles. The Kier molecular flexibility index (Phi) is 3.12. The van der Waals surface area contributed by atoms with Crippen molar-refractivity contribution in [1.82, 2.24) is 0 Å². The summed E-state index contributed by atoms with van der Waals surface area (Å²) in [4.78, 5) is 3.07. The monoisotopic (exact) mass is 151 g/mol. The first kappa shape index (κ1) is 9.20. The molecule has 1 nitrogen and oxygen atoms in total. The van der Waals surface area contributed by atoms with Crippen molar-refractivity contribution in [2.24, 2.45) is 4.99 Å². The van der Waals surface area contributed by atoms with Crippen LogP contribution in [0.25, 0.3) is 0 Å². The van der Waals surface area contributed by atoms with Crippen LogP contribution in [-0.2, 0) is 0 Å². The van der Waals surface area contributed by atoms with Crippen molar-refractivity contribution >= 4 is 6.21 Å². The van der Waals surface area contributed by atoms with Gasteiger partial charge >= 0.3 is 6.18 Å². The summed E-state index contributed by atoms with van der Waals surface area (Å²) in [6.45, 7) is 4.44. The number of rotatable bonds is 2. The van der Waals surface area contributed by atoms with Crippen LogP contribution in [0.5, 0.6) is 0 Å². The summed E-state index contributed by atoms with van der Waals surface area (Å²) in [6.07, 6.45) is -2.73. The second-order valence-electron chi connectivity index (χ2n) is 1.66. The van der Waals surface area contributed by atoms with E-state index in [1.54, 1.807) is 6.92 Å². The Hall–Kier alpha value is -0.800. The van der Waals surface area contributed by atoms with Crippen LogP contribution in [0, 0.1) is 0 Å². The first-order valence-corrected chi connectivity index (χ1v) is 2.77. The zero-order valence-corrected chi connectivity index (χ0v) is 5.57. The third-order valence-electron chi connectivity index (χ3n) is 0.757. The van der Waals surface area contributed by atoms with Gasteiger partial charge in [-0.3, -0.25) is 4.99 Å². The van der Waals surface area contributed by atoms with Crippen molar-refractivity contribution in [2.45, 2.75) is 19.5 Å². The predicted molar refractivity (Wildman–Crippen MR) is 34.0 cm³/mol. The van der Waals surface area contributed by atoms with E-state index in [2.05, 4.69) is 11.6 Å². The summed E-state index contributed by atoms with van der Waals surface area (Å²) in [5.41, 5.74) is -1.05. The fourth-order valence-electron chi connectivity index (χ4n) is 0.275. The van der Waals surface area contributed by atoms with Crippen molar-refractivity contribution in [1.29, 1.82) is 0 Å². The van der Waals surface area contributed by atoms with Crippen LogP contribution in [0.1, 0.15) is 13.3 Å². The topological polar surface area (TPSA) is 12.4 Å². The largest absolute Gasteiger partial charge is 0.432 e. The third kappa shape index (κ3) is 3.27. The molecule has 0 heterocycles. The Morgan fingerprint density at radius 3 is 2.40 bits per heavy atom. The highest BCUT2D eigenvalue weighted by atomic mass is 19.4. The van der Waals surface area contributed by atoms with E-state index in [0.29, 0.717) is 6.42 Å². The Balaban J connectivity index is 3.98. The van der Waals surface area contributed by atoms with Crippen molar-refractivity contribution in [2.75, 3.05) is 0 Å². The molecule has 0 unspecified atom stereocenters. The van der Waals surface area contributed by atoms with Crippen LogP contribution >= 0.6 is 0 Å². The minimum Gasteiger partial charge on any atom is -0.257 e. The van der Waals surface area contributed by atoms with E-state index in [1.165, 1.54) is 6.21 Å². The lowest BCUT2D eigenvalue weighted by Gasteiger charge is -2.02. The third-order valence-corrected chi connectivity index (χ3v) is 0.757. The summed E-state index contributed by atoms with van der Waals surface area (Å²) >= 11 is 0. The minimum absolute atomic E-state index is 0.481. The molecule has 0 spiro atoms. The highest BCUT2D eigenvalue weighted by Crippen LogP contribution is 2.24. The fourth-order valence-corrected chi connectivity index (χ4v) is 0.275. The van der Waals surface area contributed by atoms with E-state index in [9.17, 15) is 13.2 Å². The highest BCUT2D eigenvalue weighted by Gasteiger charge is 2.31. The first-order valence-electron chi connectivity index (χ1n) is 2.77. The van der Waals surface area contributed by atoms with Gasteiger partial charge in [-0.05, 0) is 6.42 Å². The molecule has 58 valence electrons. The van der Waals surface area contributed by atoms with Gasteiger partial charge in [0.05, 0.1) is 0 Å². The standard InChI is InChI=1S/C6H8F3N/c1-3-4-10-5(2)6(7,8)9/h4H,2-3H2,1H3. The molecule has 0 rings (SSSR count). The van der Waals surface area contributed by atoms with Crippen molar-refractivity contribution in [3.63, 3.8) is 0 Å². The van der Waals surface area contributed by atoms with Crippen LogP contribution in [0.15, 0.2) is 17.3 Å². The lowest BCUT2D eigenvalue weighted by atomic mass is 10.5. The van der Waals surface area contributed by atoms with Crippen molar-refractivity contribution < 1.29 is 13.2 Å². The van der Waals surface area contributed by atoms with Gasteiger partial charge in [-0.1, -0.05) is 13.5 Å². The van der Waals surface area contributed by atoms with E-state index >= 15 is 0 Å². The fraction of sp³-hybridized carbons (Fsp3) is 0.500.